The number of halogens is 1. The number of nitrogens with one attached hydrogen (secondary N) is 1. The molecule has 2 saturated heterocycles. The highest BCUT2D eigenvalue weighted by Crippen LogP contribution is 2.47. The lowest BCUT2D eigenvalue weighted by atomic mass is 9.70. The molecule has 2 fully saturated rings. The molecule has 66 valence electrons. The third-order valence-electron chi connectivity index (χ3n) is 3.06. The summed E-state index contributed by atoms with van der Waals surface area (Å²) >= 11 is 0. The standard InChI is InChI=1S/C8H15NO.ClH/c1-7(2)6-10-8(7)3-4-9-5-8;/h9H,3-6H2,1-2H3;1H. The van der Waals surface area contributed by atoms with Gasteiger partial charge in [-0.25, -0.2) is 0 Å². The van der Waals surface area contributed by atoms with Crippen molar-refractivity contribution in [1.29, 1.82) is 0 Å². The first-order valence-corrected chi connectivity index (χ1v) is 4.01. The molecule has 0 aromatic carbocycles. The molecule has 1 unspecified atom stereocenters. The molecule has 1 atom stereocenters. The van der Waals surface area contributed by atoms with Crippen LogP contribution in [0.3, 0.4) is 0 Å². The van der Waals surface area contributed by atoms with Crippen molar-refractivity contribution in [3.63, 3.8) is 0 Å². The highest BCUT2D eigenvalue weighted by Gasteiger charge is 2.55. The van der Waals surface area contributed by atoms with Crippen LogP contribution in [0.1, 0.15) is 20.3 Å². The Hall–Kier alpha value is 0.210. The molecule has 1 spiro atoms. The maximum absolute atomic E-state index is 5.63. The summed E-state index contributed by atoms with van der Waals surface area (Å²) in [6.45, 7) is 7.71. The van der Waals surface area contributed by atoms with E-state index in [1.54, 1.807) is 0 Å². The fourth-order valence-electron chi connectivity index (χ4n) is 1.93. The average molecular weight is 178 g/mol. The van der Waals surface area contributed by atoms with Crippen molar-refractivity contribution in [3.8, 4) is 0 Å². The molecule has 11 heavy (non-hydrogen) atoms. The maximum Gasteiger partial charge on any atom is 0.0891 e. The third kappa shape index (κ3) is 1.08. The molecular weight excluding hydrogens is 162 g/mol. The molecule has 0 aliphatic carbocycles. The fourth-order valence-corrected chi connectivity index (χ4v) is 1.93. The molecular formula is C8H16ClNO. The number of hydrogen-bond acceptors (Lipinski definition) is 2. The van der Waals surface area contributed by atoms with Gasteiger partial charge in [0, 0.05) is 12.0 Å². The Morgan fingerprint density at radius 3 is 2.27 bits per heavy atom. The predicted octanol–water partition coefficient (Wildman–Crippen LogP) is 1.20. The molecule has 0 amide bonds. The molecule has 2 aliphatic rings. The van der Waals surface area contributed by atoms with E-state index in [0.29, 0.717) is 5.41 Å². The van der Waals surface area contributed by atoms with E-state index in [4.69, 9.17) is 4.74 Å². The minimum atomic E-state index is 0. The quantitative estimate of drug-likeness (QED) is 0.601. The zero-order chi connectivity index (χ0) is 7.24. The van der Waals surface area contributed by atoms with Crippen molar-refractivity contribution in [2.75, 3.05) is 19.7 Å². The van der Waals surface area contributed by atoms with E-state index in [1.165, 1.54) is 6.42 Å². The second-order valence-electron chi connectivity index (χ2n) is 4.09. The van der Waals surface area contributed by atoms with Crippen LogP contribution in [0.2, 0.25) is 0 Å². The lowest BCUT2D eigenvalue weighted by Gasteiger charge is -2.53. The molecule has 0 aromatic heterocycles. The van der Waals surface area contributed by atoms with Gasteiger partial charge in [-0.15, -0.1) is 12.4 Å². The molecule has 2 heterocycles. The molecule has 3 heteroatoms. The van der Waals surface area contributed by atoms with Crippen LogP contribution in [0.5, 0.6) is 0 Å². The molecule has 2 rings (SSSR count). The van der Waals surface area contributed by atoms with Gasteiger partial charge in [-0.05, 0) is 13.0 Å². The normalized spacial score (nSPS) is 39.8. The third-order valence-corrected chi connectivity index (χ3v) is 3.06. The first-order chi connectivity index (χ1) is 4.66. The van der Waals surface area contributed by atoms with Gasteiger partial charge in [-0.1, -0.05) is 13.8 Å². The second kappa shape index (κ2) is 2.61. The summed E-state index contributed by atoms with van der Waals surface area (Å²) in [4.78, 5) is 0. The van der Waals surface area contributed by atoms with Crippen LogP contribution in [-0.2, 0) is 4.74 Å². The first-order valence-electron chi connectivity index (χ1n) is 4.01. The number of ether oxygens (including phenoxy) is 1. The van der Waals surface area contributed by atoms with Gasteiger partial charge in [0.2, 0.25) is 0 Å². The maximum atomic E-state index is 5.63. The molecule has 1 N–H and O–H groups in total. The van der Waals surface area contributed by atoms with Gasteiger partial charge in [-0.3, -0.25) is 0 Å². The Kier molecular flexibility index (Phi) is 2.21. The molecule has 0 saturated carbocycles. The van der Waals surface area contributed by atoms with Crippen LogP contribution in [-0.4, -0.2) is 25.3 Å². The Balaban J connectivity index is 0.000000605. The zero-order valence-electron chi connectivity index (χ0n) is 7.14. The van der Waals surface area contributed by atoms with Crippen LogP contribution in [0.15, 0.2) is 0 Å². The van der Waals surface area contributed by atoms with Crippen molar-refractivity contribution in [1.82, 2.24) is 5.32 Å². The Morgan fingerprint density at radius 2 is 2.09 bits per heavy atom. The van der Waals surface area contributed by atoms with Crippen LogP contribution < -0.4 is 5.32 Å². The van der Waals surface area contributed by atoms with Crippen LogP contribution in [0.4, 0.5) is 0 Å². The summed E-state index contributed by atoms with van der Waals surface area (Å²) in [5.41, 5.74) is 0.615. The van der Waals surface area contributed by atoms with E-state index in [1.807, 2.05) is 0 Å². The monoisotopic (exact) mass is 177 g/mol. The molecule has 0 radical (unpaired) electrons. The Bertz CT molecular complexity index is 152. The number of hydrogen-bond donors (Lipinski definition) is 1. The summed E-state index contributed by atoms with van der Waals surface area (Å²) in [6.07, 6.45) is 1.19. The van der Waals surface area contributed by atoms with Crippen LogP contribution in [0, 0.1) is 5.41 Å². The van der Waals surface area contributed by atoms with E-state index >= 15 is 0 Å². The number of rotatable bonds is 0. The summed E-state index contributed by atoms with van der Waals surface area (Å²) in [5.74, 6) is 0. The SMILES string of the molecule is CC1(C)COC12CCNC2.Cl. The average Bonchev–Trinajstić information content (AvgIpc) is 2.34. The summed E-state index contributed by atoms with van der Waals surface area (Å²) in [5, 5.41) is 3.35. The largest absolute Gasteiger partial charge is 0.372 e. The van der Waals surface area contributed by atoms with E-state index in [-0.39, 0.29) is 18.0 Å². The summed E-state index contributed by atoms with van der Waals surface area (Å²) in [7, 11) is 0. The van der Waals surface area contributed by atoms with Crippen molar-refractivity contribution < 1.29 is 4.74 Å². The Morgan fingerprint density at radius 1 is 1.36 bits per heavy atom. The van der Waals surface area contributed by atoms with Crippen LogP contribution >= 0.6 is 12.4 Å². The van der Waals surface area contributed by atoms with E-state index < -0.39 is 0 Å². The topological polar surface area (TPSA) is 21.3 Å². The predicted molar refractivity (Wildman–Crippen MR) is 47.2 cm³/mol. The van der Waals surface area contributed by atoms with Gasteiger partial charge in [0.25, 0.3) is 0 Å². The Labute approximate surface area is 74.1 Å². The van der Waals surface area contributed by atoms with E-state index in [9.17, 15) is 0 Å². The van der Waals surface area contributed by atoms with Crippen molar-refractivity contribution in [2.24, 2.45) is 5.41 Å². The van der Waals surface area contributed by atoms with Crippen molar-refractivity contribution in [2.45, 2.75) is 25.9 Å². The lowest BCUT2D eigenvalue weighted by molar-refractivity contribution is -0.240. The first kappa shape index (κ1) is 9.30. The highest BCUT2D eigenvalue weighted by atomic mass is 35.5. The molecule has 0 aromatic rings. The second-order valence-corrected chi connectivity index (χ2v) is 4.09. The molecule has 2 aliphatic heterocycles. The lowest BCUT2D eigenvalue weighted by Crippen LogP contribution is -2.61. The summed E-state index contributed by atoms with van der Waals surface area (Å²) in [6, 6.07) is 0. The van der Waals surface area contributed by atoms with Gasteiger partial charge < -0.3 is 10.1 Å². The van der Waals surface area contributed by atoms with Gasteiger partial charge in [0.05, 0.1) is 12.2 Å². The highest BCUT2D eigenvalue weighted by molar-refractivity contribution is 5.85. The van der Waals surface area contributed by atoms with Gasteiger partial charge in [0.1, 0.15) is 0 Å². The molecule has 0 bridgehead atoms. The van der Waals surface area contributed by atoms with Crippen molar-refractivity contribution >= 4 is 12.4 Å². The molecule has 2 nitrogen and oxygen atoms in total. The minimum absolute atomic E-state index is 0. The summed E-state index contributed by atoms with van der Waals surface area (Å²) < 4.78 is 5.63. The minimum Gasteiger partial charge on any atom is -0.372 e. The van der Waals surface area contributed by atoms with Gasteiger partial charge >= 0.3 is 0 Å². The smallest absolute Gasteiger partial charge is 0.0891 e. The van der Waals surface area contributed by atoms with E-state index in [2.05, 4.69) is 19.2 Å². The fraction of sp³-hybridized carbons (Fsp3) is 1.00. The zero-order valence-corrected chi connectivity index (χ0v) is 7.96. The van der Waals surface area contributed by atoms with Gasteiger partial charge in [-0.2, -0.15) is 0 Å². The van der Waals surface area contributed by atoms with Crippen LogP contribution in [0.25, 0.3) is 0 Å². The van der Waals surface area contributed by atoms with Crippen molar-refractivity contribution in [3.05, 3.63) is 0 Å². The van der Waals surface area contributed by atoms with E-state index in [0.717, 1.165) is 19.7 Å². The van der Waals surface area contributed by atoms with Gasteiger partial charge in [0.15, 0.2) is 0 Å².